The van der Waals surface area contributed by atoms with Gasteiger partial charge in [-0.1, -0.05) is 6.92 Å². The SMILES string of the molecule is CCC[n+]1ccc(C)c(C(=O)N(C(C)C)C(C)C)c1C.[Br-]. The van der Waals surface area contributed by atoms with Crippen LogP contribution in [-0.4, -0.2) is 22.9 Å². The minimum atomic E-state index is 0. The number of aryl methyl sites for hydroxylation is 2. The molecular formula is C17H29BrN2O. The van der Waals surface area contributed by atoms with Crippen LogP contribution in [0.15, 0.2) is 12.3 Å². The van der Waals surface area contributed by atoms with Gasteiger partial charge in [0.05, 0.1) is 0 Å². The number of pyridine rings is 1. The van der Waals surface area contributed by atoms with Crippen LogP contribution in [0.5, 0.6) is 0 Å². The molecule has 1 aromatic rings. The zero-order valence-electron chi connectivity index (χ0n) is 14.4. The average Bonchev–Trinajstić information content (AvgIpc) is 2.32. The van der Waals surface area contributed by atoms with Crippen molar-refractivity contribution in [1.82, 2.24) is 4.90 Å². The molecule has 1 rings (SSSR count). The molecule has 0 saturated carbocycles. The fourth-order valence-corrected chi connectivity index (χ4v) is 2.83. The van der Waals surface area contributed by atoms with Crippen molar-refractivity contribution in [2.75, 3.05) is 0 Å². The molecule has 0 unspecified atom stereocenters. The first-order valence-corrected chi connectivity index (χ1v) is 7.63. The highest BCUT2D eigenvalue weighted by Crippen LogP contribution is 2.17. The van der Waals surface area contributed by atoms with Crippen LogP contribution in [0.25, 0.3) is 0 Å². The molecule has 0 aromatic carbocycles. The molecule has 0 atom stereocenters. The smallest absolute Gasteiger partial charge is 0.260 e. The Morgan fingerprint density at radius 1 is 1.19 bits per heavy atom. The lowest BCUT2D eigenvalue weighted by atomic mass is 10.0. The number of halogens is 1. The molecule has 0 saturated heterocycles. The first-order chi connectivity index (χ1) is 9.31. The molecular weight excluding hydrogens is 328 g/mol. The van der Waals surface area contributed by atoms with Gasteiger partial charge in [0.2, 0.25) is 0 Å². The number of amides is 1. The van der Waals surface area contributed by atoms with Gasteiger partial charge in [0, 0.05) is 31.5 Å². The predicted molar refractivity (Wildman–Crippen MR) is 82.8 cm³/mol. The van der Waals surface area contributed by atoms with Crippen LogP contribution in [0.4, 0.5) is 0 Å². The molecule has 120 valence electrons. The number of nitrogens with zero attached hydrogens (tertiary/aromatic N) is 2. The second-order valence-electron chi connectivity index (χ2n) is 6.05. The summed E-state index contributed by atoms with van der Waals surface area (Å²) < 4.78 is 2.18. The van der Waals surface area contributed by atoms with Crippen molar-refractivity contribution in [3.8, 4) is 0 Å². The van der Waals surface area contributed by atoms with E-state index in [2.05, 4.69) is 58.4 Å². The summed E-state index contributed by atoms with van der Waals surface area (Å²) in [5.41, 5.74) is 3.00. The summed E-state index contributed by atoms with van der Waals surface area (Å²) in [5, 5.41) is 0. The van der Waals surface area contributed by atoms with E-state index in [1.807, 2.05) is 11.8 Å². The summed E-state index contributed by atoms with van der Waals surface area (Å²) >= 11 is 0. The van der Waals surface area contributed by atoms with E-state index in [1.54, 1.807) is 0 Å². The van der Waals surface area contributed by atoms with E-state index in [0.717, 1.165) is 29.8 Å². The lowest BCUT2D eigenvalue weighted by Crippen LogP contribution is -3.00. The molecule has 0 radical (unpaired) electrons. The lowest BCUT2D eigenvalue weighted by molar-refractivity contribution is -0.702. The van der Waals surface area contributed by atoms with Crippen LogP contribution in [0.2, 0.25) is 0 Å². The van der Waals surface area contributed by atoms with E-state index in [4.69, 9.17) is 0 Å². The summed E-state index contributed by atoms with van der Waals surface area (Å²) in [6.07, 6.45) is 3.15. The largest absolute Gasteiger partial charge is 1.00 e. The Balaban J connectivity index is 0.00000400. The van der Waals surface area contributed by atoms with Crippen molar-refractivity contribution in [1.29, 1.82) is 0 Å². The Bertz CT molecular complexity index is 476. The van der Waals surface area contributed by atoms with Crippen molar-refractivity contribution >= 4 is 5.91 Å². The number of hydrogen-bond donors (Lipinski definition) is 0. The van der Waals surface area contributed by atoms with Crippen LogP contribution >= 0.6 is 0 Å². The van der Waals surface area contributed by atoms with Crippen LogP contribution in [0.1, 0.15) is 62.7 Å². The zero-order valence-corrected chi connectivity index (χ0v) is 16.0. The van der Waals surface area contributed by atoms with E-state index < -0.39 is 0 Å². The third-order valence-corrected chi connectivity index (χ3v) is 3.72. The minimum Gasteiger partial charge on any atom is -1.00 e. The summed E-state index contributed by atoms with van der Waals surface area (Å²) in [7, 11) is 0. The van der Waals surface area contributed by atoms with E-state index in [9.17, 15) is 4.79 Å². The fraction of sp³-hybridized carbons (Fsp3) is 0.647. The maximum absolute atomic E-state index is 12.9. The van der Waals surface area contributed by atoms with Gasteiger partial charge in [0.15, 0.2) is 11.9 Å². The Morgan fingerprint density at radius 3 is 2.14 bits per heavy atom. The quantitative estimate of drug-likeness (QED) is 0.694. The van der Waals surface area contributed by atoms with E-state index in [-0.39, 0.29) is 35.0 Å². The number of carbonyl (C=O) groups excluding carboxylic acids is 1. The molecule has 1 aromatic heterocycles. The molecule has 0 N–H and O–H groups in total. The number of carbonyl (C=O) groups is 1. The van der Waals surface area contributed by atoms with Gasteiger partial charge in [0.25, 0.3) is 5.91 Å². The molecule has 0 fully saturated rings. The van der Waals surface area contributed by atoms with Gasteiger partial charge in [-0.25, -0.2) is 4.57 Å². The second-order valence-corrected chi connectivity index (χ2v) is 6.05. The number of hydrogen-bond acceptors (Lipinski definition) is 1. The summed E-state index contributed by atoms with van der Waals surface area (Å²) in [6.45, 7) is 15.5. The lowest BCUT2D eigenvalue weighted by Gasteiger charge is -2.31. The maximum Gasteiger partial charge on any atom is 0.260 e. The summed E-state index contributed by atoms with van der Waals surface area (Å²) in [6, 6.07) is 2.47. The summed E-state index contributed by atoms with van der Waals surface area (Å²) in [5.74, 6) is 0.149. The van der Waals surface area contributed by atoms with E-state index in [0.29, 0.717) is 0 Å². The molecule has 1 amide bonds. The number of rotatable bonds is 5. The van der Waals surface area contributed by atoms with Crippen molar-refractivity contribution in [3.05, 3.63) is 29.1 Å². The standard InChI is InChI=1S/C17H29N2O.BrH/c1-8-10-18-11-9-14(6)16(15(18)7)17(20)19(12(2)3)13(4)5;/h9,11-13H,8,10H2,1-7H3;1H/q+1;/p-1. The third-order valence-electron chi connectivity index (χ3n) is 3.72. The normalized spacial score (nSPS) is 10.7. The molecule has 0 aliphatic heterocycles. The summed E-state index contributed by atoms with van der Waals surface area (Å²) in [4.78, 5) is 14.9. The third kappa shape index (κ3) is 4.53. The fourth-order valence-electron chi connectivity index (χ4n) is 2.83. The molecule has 4 heteroatoms. The molecule has 0 bridgehead atoms. The van der Waals surface area contributed by atoms with Gasteiger partial charge >= 0.3 is 0 Å². The Kier molecular flexibility index (Phi) is 8.16. The highest BCUT2D eigenvalue weighted by Gasteiger charge is 2.27. The maximum atomic E-state index is 12.9. The Hall–Kier alpha value is -0.900. The van der Waals surface area contributed by atoms with Gasteiger partial charge in [-0.2, -0.15) is 0 Å². The molecule has 3 nitrogen and oxygen atoms in total. The van der Waals surface area contributed by atoms with Gasteiger partial charge in [0.1, 0.15) is 12.1 Å². The molecule has 0 spiro atoms. The number of aromatic nitrogens is 1. The molecule has 0 aliphatic carbocycles. The highest BCUT2D eigenvalue weighted by molar-refractivity contribution is 5.96. The zero-order chi connectivity index (χ0) is 15.4. The first kappa shape index (κ1) is 20.1. The van der Waals surface area contributed by atoms with Gasteiger partial charge < -0.3 is 21.9 Å². The van der Waals surface area contributed by atoms with Gasteiger partial charge in [-0.15, -0.1) is 0 Å². The predicted octanol–water partition coefficient (Wildman–Crippen LogP) is 0.264. The minimum absolute atomic E-state index is 0. The monoisotopic (exact) mass is 356 g/mol. The Labute approximate surface area is 140 Å². The van der Waals surface area contributed by atoms with E-state index in [1.165, 1.54) is 0 Å². The van der Waals surface area contributed by atoms with E-state index >= 15 is 0 Å². The topological polar surface area (TPSA) is 24.2 Å². The molecule has 0 aliphatic rings. The molecule has 1 heterocycles. The molecule has 21 heavy (non-hydrogen) atoms. The van der Waals surface area contributed by atoms with Crippen LogP contribution in [0.3, 0.4) is 0 Å². The van der Waals surface area contributed by atoms with Crippen molar-refractivity contribution < 1.29 is 26.3 Å². The first-order valence-electron chi connectivity index (χ1n) is 7.63. The second kappa shape index (κ2) is 8.52. The van der Waals surface area contributed by atoms with Crippen LogP contribution < -0.4 is 21.5 Å². The highest BCUT2D eigenvalue weighted by atomic mass is 79.9. The van der Waals surface area contributed by atoms with Gasteiger partial charge in [-0.3, -0.25) is 4.79 Å². The van der Waals surface area contributed by atoms with Crippen LogP contribution in [-0.2, 0) is 6.54 Å². The van der Waals surface area contributed by atoms with Crippen molar-refractivity contribution in [2.45, 2.75) is 73.5 Å². The van der Waals surface area contributed by atoms with Crippen molar-refractivity contribution in [3.63, 3.8) is 0 Å². The van der Waals surface area contributed by atoms with Crippen molar-refractivity contribution in [2.24, 2.45) is 0 Å². The Morgan fingerprint density at radius 2 is 1.71 bits per heavy atom. The average molecular weight is 357 g/mol. The van der Waals surface area contributed by atoms with Gasteiger partial charge in [-0.05, 0) is 40.2 Å². The van der Waals surface area contributed by atoms with Crippen LogP contribution in [0, 0.1) is 13.8 Å².